The van der Waals surface area contributed by atoms with Gasteiger partial charge in [-0.1, -0.05) is 43.7 Å². The Morgan fingerprint density at radius 1 is 1.07 bits per heavy atom. The molecule has 1 aromatic carbocycles. The number of carbonyl (C=O) groups excluding carboxylic acids is 3. The second-order valence-electron chi connectivity index (χ2n) is 7.69. The summed E-state index contributed by atoms with van der Waals surface area (Å²) in [4.78, 5) is 40.7. The van der Waals surface area contributed by atoms with Crippen molar-refractivity contribution in [2.24, 2.45) is 5.92 Å². The van der Waals surface area contributed by atoms with Gasteiger partial charge in [-0.05, 0) is 18.4 Å². The predicted molar refractivity (Wildman–Crippen MR) is 106 cm³/mol. The number of hydrogen-bond donors (Lipinski definition) is 0. The third-order valence-electron chi connectivity index (χ3n) is 5.77. The van der Waals surface area contributed by atoms with Crippen LogP contribution in [0.1, 0.15) is 50.5 Å². The lowest BCUT2D eigenvalue weighted by atomic mass is 9.79. The van der Waals surface area contributed by atoms with E-state index in [9.17, 15) is 14.4 Å². The van der Waals surface area contributed by atoms with Crippen molar-refractivity contribution in [3.05, 3.63) is 35.9 Å². The minimum atomic E-state index is -0.288. The molecule has 0 bridgehead atoms. The molecule has 0 unspecified atom stereocenters. The molecule has 152 valence electrons. The molecular weight excluding hydrogens is 356 g/mol. The summed E-state index contributed by atoms with van der Waals surface area (Å²) in [5.74, 6) is 0.114. The van der Waals surface area contributed by atoms with Gasteiger partial charge in [0.2, 0.25) is 5.91 Å². The van der Waals surface area contributed by atoms with E-state index >= 15 is 0 Å². The molecule has 2 atom stereocenters. The van der Waals surface area contributed by atoms with E-state index in [4.69, 9.17) is 4.74 Å². The van der Waals surface area contributed by atoms with Gasteiger partial charge in [-0.15, -0.1) is 0 Å². The summed E-state index contributed by atoms with van der Waals surface area (Å²) in [5, 5.41) is 0. The molecule has 2 saturated heterocycles. The van der Waals surface area contributed by atoms with E-state index in [0.717, 1.165) is 18.4 Å². The van der Waals surface area contributed by atoms with Gasteiger partial charge >= 0.3 is 6.09 Å². The van der Waals surface area contributed by atoms with Crippen LogP contribution < -0.4 is 0 Å². The lowest BCUT2D eigenvalue weighted by Gasteiger charge is -2.40. The zero-order valence-corrected chi connectivity index (χ0v) is 16.6. The van der Waals surface area contributed by atoms with Crippen LogP contribution in [0.3, 0.4) is 0 Å². The first-order valence-corrected chi connectivity index (χ1v) is 10.4. The predicted octanol–water partition coefficient (Wildman–Crippen LogP) is 3.22. The summed E-state index contributed by atoms with van der Waals surface area (Å²) in [5.41, 5.74) is 1.07. The Labute approximate surface area is 166 Å². The van der Waals surface area contributed by atoms with Crippen LogP contribution in [0.5, 0.6) is 0 Å². The van der Waals surface area contributed by atoms with E-state index in [1.807, 2.05) is 35.2 Å². The number of benzene rings is 1. The molecule has 3 rings (SSSR count). The normalized spacial score (nSPS) is 22.8. The van der Waals surface area contributed by atoms with Crippen LogP contribution in [0.4, 0.5) is 4.79 Å². The molecule has 2 aliphatic heterocycles. The monoisotopic (exact) mass is 386 g/mol. The van der Waals surface area contributed by atoms with Crippen LogP contribution in [-0.4, -0.2) is 60.4 Å². The number of likely N-dealkylation sites (tertiary alicyclic amines) is 2. The van der Waals surface area contributed by atoms with Gasteiger partial charge in [0, 0.05) is 50.9 Å². The van der Waals surface area contributed by atoms with Gasteiger partial charge in [-0.25, -0.2) is 4.79 Å². The largest absolute Gasteiger partial charge is 0.449 e. The van der Waals surface area contributed by atoms with Crippen LogP contribution in [0, 0.1) is 5.92 Å². The maximum atomic E-state index is 13.2. The highest BCUT2D eigenvalue weighted by Gasteiger charge is 2.39. The van der Waals surface area contributed by atoms with Crippen LogP contribution >= 0.6 is 0 Å². The van der Waals surface area contributed by atoms with Crippen molar-refractivity contribution in [3.8, 4) is 0 Å². The van der Waals surface area contributed by atoms with Crippen LogP contribution in [-0.2, 0) is 14.3 Å². The molecule has 0 spiro atoms. The maximum Gasteiger partial charge on any atom is 0.409 e. The van der Waals surface area contributed by atoms with Crippen LogP contribution in [0.25, 0.3) is 0 Å². The molecule has 2 amide bonds. The standard InChI is InChI=1S/C22H30N2O4/c1-2-3-15-28-22(27)24-14-11-19(20(16-24)17-7-5-4-6-8-17)21(26)23-12-9-18(25)10-13-23/h4-8,19-20H,2-3,9-16H2,1H3/t19-,20+/m1/s1. The molecular formula is C22H30N2O4. The van der Waals surface area contributed by atoms with Crippen molar-refractivity contribution in [2.45, 2.75) is 44.9 Å². The second kappa shape index (κ2) is 9.71. The van der Waals surface area contributed by atoms with Crippen LogP contribution in [0.2, 0.25) is 0 Å². The molecule has 6 nitrogen and oxygen atoms in total. The lowest BCUT2D eigenvalue weighted by Crippen LogP contribution is -2.50. The molecule has 28 heavy (non-hydrogen) atoms. The number of Topliss-reactive ketones (excluding diaryl/α,β-unsaturated/α-hetero) is 1. The molecule has 0 saturated carbocycles. The summed E-state index contributed by atoms with van der Waals surface area (Å²) in [6.45, 7) is 4.53. The van der Waals surface area contributed by atoms with E-state index in [0.29, 0.717) is 52.0 Å². The topological polar surface area (TPSA) is 66.9 Å². The van der Waals surface area contributed by atoms with Crippen molar-refractivity contribution in [1.82, 2.24) is 9.80 Å². The average molecular weight is 386 g/mol. The average Bonchev–Trinajstić information content (AvgIpc) is 2.74. The second-order valence-corrected chi connectivity index (χ2v) is 7.69. The Bertz CT molecular complexity index is 681. The molecule has 1 aromatic rings. The zero-order chi connectivity index (χ0) is 19.9. The highest BCUT2D eigenvalue weighted by Crippen LogP contribution is 2.34. The van der Waals surface area contributed by atoms with Gasteiger partial charge in [0.15, 0.2) is 0 Å². The third-order valence-corrected chi connectivity index (χ3v) is 5.77. The summed E-state index contributed by atoms with van der Waals surface area (Å²) in [6.07, 6.45) is 3.06. The fraction of sp³-hybridized carbons (Fsp3) is 0.591. The Balaban J connectivity index is 1.72. The van der Waals surface area contributed by atoms with E-state index in [2.05, 4.69) is 6.92 Å². The number of unbranched alkanes of at least 4 members (excludes halogenated alkanes) is 1. The number of hydrogen-bond acceptors (Lipinski definition) is 4. The molecule has 0 radical (unpaired) electrons. The fourth-order valence-corrected chi connectivity index (χ4v) is 4.06. The van der Waals surface area contributed by atoms with Gasteiger partial charge in [0.1, 0.15) is 5.78 Å². The molecule has 0 N–H and O–H groups in total. The van der Waals surface area contributed by atoms with E-state index in [1.54, 1.807) is 4.90 Å². The minimum Gasteiger partial charge on any atom is -0.449 e. The van der Waals surface area contributed by atoms with Gasteiger partial charge in [0.25, 0.3) is 0 Å². The van der Waals surface area contributed by atoms with E-state index < -0.39 is 0 Å². The Morgan fingerprint density at radius 3 is 2.46 bits per heavy atom. The smallest absolute Gasteiger partial charge is 0.409 e. The Hall–Kier alpha value is -2.37. The molecule has 2 fully saturated rings. The number of rotatable bonds is 5. The first-order chi connectivity index (χ1) is 13.6. The Kier molecular flexibility index (Phi) is 7.06. The first-order valence-electron chi connectivity index (χ1n) is 10.4. The molecule has 6 heteroatoms. The lowest BCUT2D eigenvalue weighted by molar-refractivity contribution is -0.140. The van der Waals surface area contributed by atoms with Crippen molar-refractivity contribution < 1.29 is 19.1 Å². The number of ether oxygens (including phenoxy) is 1. The summed E-state index contributed by atoms with van der Waals surface area (Å²) >= 11 is 0. The van der Waals surface area contributed by atoms with Crippen molar-refractivity contribution >= 4 is 17.8 Å². The number of ketones is 1. The number of carbonyl (C=O) groups is 3. The highest BCUT2D eigenvalue weighted by molar-refractivity contribution is 5.85. The molecule has 0 aromatic heterocycles. The fourth-order valence-electron chi connectivity index (χ4n) is 4.06. The Morgan fingerprint density at radius 2 is 1.79 bits per heavy atom. The first kappa shape index (κ1) is 20.4. The zero-order valence-electron chi connectivity index (χ0n) is 16.6. The van der Waals surface area contributed by atoms with Gasteiger partial charge < -0.3 is 14.5 Å². The van der Waals surface area contributed by atoms with Crippen LogP contribution in [0.15, 0.2) is 30.3 Å². The van der Waals surface area contributed by atoms with Crippen molar-refractivity contribution in [3.63, 3.8) is 0 Å². The highest BCUT2D eigenvalue weighted by atomic mass is 16.6. The summed E-state index contributed by atoms with van der Waals surface area (Å²) in [6, 6.07) is 9.94. The van der Waals surface area contributed by atoms with Crippen molar-refractivity contribution in [2.75, 3.05) is 32.8 Å². The minimum absolute atomic E-state index is 0.0567. The van der Waals surface area contributed by atoms with Crippen molar-refractivity contribution in [1.29, 1.82) is 0 Å². The third kappa shape index (κ3) is 4.91. The van der Waals surface area contributed by atoms with Gasteiger partial charge in [-0.2, -0.15) is 0 Å². The molecule has 0 aliphatic carbocycles. The number of amides is 2. The van der Waals surface area contributed by atoms with Gasteiger partial charge in [0.05, 0.1) is 6.61 Å². The molecule has 2 heterocycles. The maximum absolute atomic E-state index is 13.2. The van der Waals surface area contributed by atoms with E-state index in [1.165, 1.54) is 0 Å². The van der Waals surface area contributed by atoms with Gasteiger partial charge in [-0.3, -0.25) is 9.59 Å². The SMILES string of the molecule is CCCCOC(=O)N1CC[C@@H](C(=O)N2CCC(=O)CC2)[C@H](c2ccccc2)C1. The molecule has 2 aliphatic rings. The number of piperidine rings is 2. The van der Waals surface area contributed by atoms with E-state index in [-0.39, 0.29) is 29.6 Å². The quantitative estimate of drug-likeness (QED) is 0.729. The number of nitrogens with zero attached hydrogens (tertiary/aromatic N) is 2. The summed E-state index contributed by atoms with van der Waals surface area (Å²) < 4.78 is 5.38. The summed E-state index contributed by atoms with van der Waals surface area (Å²) in [7, 11) is 0.